The van der Waals surface area contributed by atoms with E-state index in [4.69, 9.17) is 9.47 Å². The highest BCUT2D eigenvalue weighted by Crippen LogP contribution is 2.29. The smallest absolute Gasteiger partial charge is 0.410 e. The number of carbonyl (C=O) groups is 1. The van der Waals surface area contributed by atoms with Gasteiger partial charge in [0.05, 0.1) is 11.0 Å². The summed E-state index contributed by atoms with van der Waals surface area (Å²) in [5.41, 5.74) is 0.285. The Labute approximate surface area is 195 Å². The van der Waals surface area contributed by atoms with Gasteiger partial charge in [-0.15, -0.1) is 0 Å². The molecule has 180 valence electrons. The molecule has 3 atom stereocenters. The van der Waals surface area contributed by atoms with E-state index in [1.165, 1.54) is 22.8 Å². The predicted octanol–water partition coefficient (Wildman–Crippen LogP) is 3.80. The van der Waals surface area contributed by atoms with Gasteiger partial charge in [-0.2, -0.15) is 0 Å². The van der Waals surface area contributed by atoms with Crippen molar-refractivity contribution in [2.75, 3.05) is 6.26 Å². The van der Waals surface area contributed by atoms with Gasteiger partial charge in [0.25, 0.3) is 5.56 Å². The predicted molar refractivity (Wildman–Crippen MR) is 126 cm³/mol. The third kappa shape index (κ3) is 5.96. The number of likely N-dealkylation sites (tertiary alicyclic amines) is 1. The molecule has 0 aliphatic carbocycles. The number of sulfone groups is 1. The fraction of sp³-hybridized carbons (Fsp3) is 0.500. The van der Waals surface area contributed by atoms with Gasteiger partial charge in [0.1, 0.15) is 11.9 Å². The second-order valence-corrected chi connectivity index (χ2v) is 10.8. The highest BCUT2D eigenvalue weighted by Gasteiger charge is 2.37. The molecule has 1 aliphatic rings. The van der Waals surface area contributed by atoms with Crippen LogP contribution in [0.25, 0.3) is 5.69 Å². The van der Waals surface area contributed by atoms with Crippen LogP contribution in [0, 0.1) is 0 Å². The van der Waals surface area contributed by atoms with Crippen molar-refractivity contribution in [3.05, 3.63) is 52.9 Å². The van der Waals surface area contributed by atoms with Crippen LogP contribution in [0.1, 0.15) is 47.0 Å². The minimum Gasteiger partial charge on any atom is -0.490 e. The second kappa shape index (κ2) is 9.99. The normalized spacial score (nSPS) is 21.2. The van der Waals surface area contributed by atoms with Gasteiger partial charge in [-0.05, 0) is 57.5 Å². The van der Waals surface area contributed by atoms with E-state index in [0.717, 1.165) is 12.7 Å². The molecule has 2 heterocycles. The summed E-state index contributed by atoms with van der Waals surface area (Å²) in [7, 11) is -3.30. The van der Waals surface area contributed by atoms with E-state index in [1.807, 2.05) is 27.7 Å². The summed E-state index contributed by atoms with van der Waals surface area (Å²) in [6.45, 7) is 7.69. The number of piperidine rings is 1. The number of amides is 1. The summed E-state index contributed by atoms with van der Waals surface area (Å²) in [6.07, 6.45) is 4.23. The fourth-order valence-corrected chi connectivity index (χ4v) is 4.84. The number of pyridine rings is 1. The Morgan fingerprint density at radius 1 is 1.15 bits per heavy atom. The van der Waals surface area contributed by atoms with Crippen molar-refractivity contribution in [2.24, 2.45) is 0 Å². The Balaban J connectivity index is 1.72. The molecular weight excluding hydrogens is 444 g/mol. The van der Waals surface area contributed by atoms with Gasteiger partial charge < -0.3 is 14.4 Å². The lowest BCUT2D eigenvalue weighted by atomic mass is 9.92. The number of hydrogen-bond donors (Lipinski definition) is 0. The Hall–Kier alpha value is -2.81. The van der Waals surface area contributed by atoms with Gasteiger partial charge in [0.15, 0.2) is 9.84 Å². The first-order valence-electron chi connectivity index (χ1n) is 11.2. The summed E-state index contributed by atoms with van der Waals surface area (Å²) >= 11 is 0. The lowest BCUT2D eigenvalue weighted by Gasteiger charge is -2.43. The van der Waals surface area contributed by atoms with Crippen molar-refractivity contribution >= 4 is 15.9 Å². The number of rotatable bonds is 6. The monoisotopic (exact) mass is 476 g/mol. The van der Waals surface area contributed by atoms with E-state index in [0.29, 0.717) is 24.3 Å². The Morgan fingerprint density at radius 3 is 2.36 bits per heavy atom. The molecule has 0 saturated carbocycles. The van der Waals surface area contributed by atoms with E-state index in [2.05, 4.69) is 0 Å². The molecule has 0 bridgehead atoms. The molecule has 0 N–H and O–H groups in total. The summed E-state index contributed by atoms with van der Waals surface area (Å²) in [6, 6.07) is 9.24. The first kappa shape index (κ1) is 24.8. The second-order valence-electron chi connectivity index (χ2n) is 8.80. The molecular formula is C24H32N2O6S. The maximum atomic E-state index is 12.7. The Morgan fingerprint density at radius 2 is 1.82 bits per heavy atom. The highest BCUT2D eigenvalue weighted by atomic mass is 32.2. The van der Waals surface area contributed by atoms with Crippen LogP contribution in [0.3, 0.4) is 0 Å². The number of nitrogens with zero attached hydrogens (tertiary/aromatic N) is 2. The van der Waals surface area contributed by atoms with Crippen molar-refractivity contribution in [3.8, 4) is 11.4 Å². The van der Waals surface area contributed by atoms with Crippen LogP contribution < -0.4 is 10.3 Å². The van der Waals surface area contributed by atoms with Gasteiger partial charge in [0, 0.05) is 49.1 Å². The molecule has 1 saturated heterocycles. The summed E-state index contributed by atoms with van der Waals surface area (Å²) in [5, 5.41) is 0. The number of carbonyl (C=O) groups excluding carboxylic acids is 1. The van der Waals surface area contributed by atoms with Crippen LogP contribution >= 0.6 is 0 Å². The first-order valence-corrected chi connectivity index (χ1v) is 13.1. The standard InChI is InChI=1S/C24H32N2O6S/c1-6-18-14-21(13-17(4)26(18)24(28)31-16(2)3)32-20-11-12-25(23(27)15-20)19-7-9-22(10-8-19)33(5,29)30/h7-12,15-18,21H,6,13-14H2,1-5H3/t17-,18-,21-/m1/s1. The molecule has 0 radical (unpaired) electrons. The van der Waals surface area contributed by atoms with E-state index in [1.54, 1.807) is 29.3 Å². The minimum absolute atomic E-state index is 0.00118. The highest BCUT2D eigenvalue weighted by molar-refractivity contribution is 7.90. The lowest BCUT2D eigenvalue weighted by Crippen LogP contribution is -2.53. The largest absolute Gasteiger partial charge is 0.490 e. The maximum Gasteiger partial charge on any atom is 0.410 e. The van der Waals surface area contributed by atoms with E-state index < -0.39 is 9.84 Å². The van der Waals surface area contributed by atoms with Gasteiger partial charge in [-0.1, -0.05) is 6.92 Å². The van der Waals surface area contributed by atoms with Gasteiger partial charge in [-0.3, -0.25) is 9.36 Å². The molecule has 3 rings (SSSR count). The zero-order valence-electron chi connectivity index (χ0n) is 19.7. The molecule has 1 aliphatic heterocycles. The summed E-state index contributed by atoms with van der Waals surface area (Å²) in [4.78, 5) is 27.2. The molecule has 2 aromatic rings. The molecule has 1 aromatic heterocycles. The maximum absolute atomic E-state index is 12.7. The third-order valence-corrected chi connectivity index (χ3v) is 6.89. The van der Waals surface area contributed by atoms with Crippen LogP contribution in [-0.2, 0) is 14.6 Å². The third-order valence-electron chi connectivity index (χ3n) is 5.76. The zero-order chi connectivity index (χ0) is 24.3. The van der Waals surface area contributed by atoms with Crippen LogP contribution in [0.4, 0.5) is 4.79 Å². The van der Waals surface area contributed by atoms with Crippen LogP contribution in [0.2, 0.25) is 0 Å². The van der Waals surface area contributed by atoms with Gasteiger partial charge in [0.2, 0.25) is 0 Å². The Kier molecular flexibility index (Phi) is 7.51. The first-order chi connectivity index (χ1) is 15.5. The average Bonchev–Trinajstić information content (AvgIpc) is 2.72. The molecule has 33 heavy (non-hydrogen) atoms. The van der Waals surface area contributed by atoms with Crippen LogP contribution in [0.15, 0.2) is 52.3 Å². The number of ether oxygens (including phenoxy) is 2. The van der Waals surface area contributed by atoms with E-state index in [-0.39, 0.29) is 40.8 Å². The molecule has 0 spiro atoms. The van der Waals surface area contributed by atoms with Gasteiger partial charge >= 0.3 is 6.09 Å². The molecule has 1 aromatic carbocycles. The van der Waals surface area contributed by atoms with Crippen molar-refractivity contribution in [1.82, 2.24) is 9.47 Å². The summed E-state index contributed by atoms with van der Waals surface area (Å²) < 4.78 is 36.3. The number of hydrogen-bond acceptors (Lipinski definition) is 6. The van der Waals surface area contributed by atoms with Crippen molar-refractivity contribution in [1.29, 1.82) is 0 Å². The average molecular weight is 477 g/mol. The topological polar surface area (TPSA) is 94.9 Å². The van der Waals surface area contributed by atoms with Crippen molar-refractivity contribution in [2.45, 2.75) is 76.1 Å². The molecule has 8 nitrogen and oxygen atoms in total. The van der Waals surface area contributed by atoms with Gasteiger partial charge in [-0.25, -0.2) is 13.2 Å². The van der Waals surface area contributed by atoms with Crippen LogP contribution in [0.5, 0.6) is 5.75 Å². The van der Waals surface area contributed by atoms with E-state index >= 15 is 0 Å². The Bertz CT molecular complexity index is 1140. The molecule has 1 amide bonds. The molecule has 0 unspecified atom stereocenters. The minimum atomic E-state index is -3.30. The number of benzene rings is 1. The van der Waals surface area contributed by atoms with Crippen molar-refractivity contribution in [3.63, 3.8) is 0 Å². The SMILES string of the molecule is CC[C@@H]1C[C@H](Oc2ccn(-c3ccc(S(C)(=O)=O)cc3)c(=O)c2)C[C@@H](C)N1C(=O)OC(C)C. The zero-order valence-corrected chi connectivity index (χ0v) is 20.5. The molecule has 1 fully saturated rings. The summed E-state index contributed by atoms with van der Waals surface area (Å²) in [5.74, 6) is 0.467. The molecule has 9 heteroatoms. The lowest BCUT2D eigenvalue weighted by molar-refractivity contribution is 0.000838. The van der Waals surface area contributed by atoms with Crippen molar-refractivity contribution < 1.29 is 22.7 Å². The van der Waals surface area contributed by atoms with E-state index in [9.17, 15) is 18.0 Å². The number of aromatic nitrogens is 1. The fourth-order valence-electron chi connectivity index (χ4n) is 4.21. The van der Waals surface area contributed by atoms with Crippen LogP contribution in [-0.4, -0.2) is 54.5 Å². The quantitative estimate of drug-likeness (QED) is 0.629.